The first-order chi connectivity index (χ1) is 29.9. The number of cyclic esters (lactones) is 1. The van der Waals surface area contributed by atoms with Gasteiger partial charge in [-0.1, -0.05) is 40.2 Å². The van der Waals surface area contributed by atoms with Crippen LogP contribution in [0.5, 0.6) is 0 Å². The van der Waals surface area contributed by atoms with E-state index in [9.17, 15) is 50.8 Å². The summed E-state index contributed by atoms with van der Waals surface area (Å²) in [6, 6.07) is 0. The Hall–Kier alpha value is -1.39. The second-order valence-corrected chi connectivity index (χ2v) is 22.4. The molecule has 0 bridgehead atoms. The molecule has 4 saturated carbocycles. The average molecular weight is 913 g/mol. The quantitative estimate of drug-likeness (QED) is 0.0894. The molecule has 366 valence electrons. The number of allylic oxidation sites excluding steroid dienone is 1. The molecule has 9 N–H and O–H groups in total. The van der Waals surface area contributed by atoms with E-state index in [1.54, 1.807) is 6.92 Å². The second-order valence-electron chi connectivity index (χ2n) is 22.4. The highest BCUT2D eigenvalue weighted by atomic mass is 16.8. The molecule has 4 saturated heterocycles. The molecule has 0 amide bonds. The maximum absolute atomic E-state index is 14.4. The molecule has 0 aromatic rings. The van der Waals surface area contributed by atoms with Crippen molar-refractivity contribution in [1.82, 2.24) is 0 Å². The normalized spacial score (nSPS) is 54.9. The van der Waals surface area contributed by atoms with Gasteiger partial charge in [-0.2, -0.15) is 0 Å². The van der Waals surface area contributed by atoms with E-state index in [0.29, 0.717) is 18.8 Å². The minimum atomic E-state index is -1.73. The average Bonchev–Trinajstić information content (AvgIpc) is 3.75. The zero-order chi connectivity index (χ0) is 46.6. The third-order valence-electron chi connectivity index (χ3n) is 18.6. The Bertz CT molecular complexity index is 1720. The molecule has 0 aromatic carbocycles. The van der Waals surface area contributed by atoms with Crippen LogP contribution in [0.3, 0.4) is 0 Å². The molecular formula is C47H76O17. The Morgan fingerprint density at radius 3 is 2.06 bits per heavy atom. The van der Waals surface area contributed by atoms with Crippen LogP contribution in [0.15, 0.2) is 11.6 Å². The number of aliphatic hydroxyl groups excluding tert-OH is 9. The van der Waals surface area contributed by atoms with Gasteiger partial charge in [-0.05, 0) is 118 Å². The number of hydrogen-bond donors (Lipinski definition) is 9. The van der Waals surface area contributed by atoms with Gasteiger partial charge in [0.25, 0.3) is 0 Å². The lowest BCUT2D eigenvalue weighted by Gasteiger charge is -2.70. The number of carbonyl (C=O) groups excluding carboxylic acids is 1. The zero-order valence-corrected chi connectivity index (χ0v) is 38.7. The summed E-state index contributed by atoms with van der Waals surface area (Å²) >= 11 is 0. The lowest BCUT2D eigenvalue weighted by Crippen LogP contribution is -2.66. The van der Waals surface area contributed by atoms with Crippen LogP contribution in [0.1, 0.15) is 113 Å². The number of ether oxygens (including phenoxy) is 7. The Morgan fingerprint density at radius 1 is 0.703 bits per heavy atom. The van der Waals surface area contributed by atoms with E-state index in [2.05, 4.69) is 34.6 Å². The number of hydrogen-bond acceptors (Lipinski definition) is 17. The SMILES string of the molecule is CC(C)=CC1C[C@@](O[C@@H]2O[C@@H](C)[C@H](O)[C@@H](O)[C@H]2O)([C@H]2CC[C@]3(C)[C@@H]2CC[C@@H]2[C@@]4(C)CC[C@H](O[C@@H]5OC[C@H](O)[C@H](O)[C@H]5O[C@@H]5O[C@H](CO)[C@@H](O)[C@H](O)[C@H]5O)C(C)(C)[C@@H]4CC[C@]23C)C(=O)O1. The fourth-order valence-electron chi connectivity index (χ4n) is 15.0. The summed E-state index contributed by atoms with van der Waals surface area (Å²) in [5, 5.41) is 95.5. The Morgan fingerprint density at radius 2 is 1.38 bits per heavy atom. The first kappa shape index (κ1) is 49.0. The smallest absolute Gasteiger partial charge is 0.339 e. The van der Waals surface area contributed by atoms with Crippen LogP contribution in [0.2, 0.25) is 0 Å². The summed E-state index contributed by atoms with van der Waals surface area (Å²) < 4.78 is 43.2. The zero-order valence-electron chi connectivity index (χ0n) is 38.7. The van der Waals surface area contributed by atoms with Crippen molar-refractivity contribution in [3.63, 3.8) is 0 Å². The van der Waals surface area contributed by atoms with E-state index in [-0.39, 0.29) is 53.1 Å². The molecule has 0 radical (unpaired) electrons. The summed E-state index contributed by atoms with van der Waals surface area (Å²) in [5.41, 5.74) is -1.24. The van der Waals surface area contributed by atoms with Crippen LogP contribution < -0.4 is 0 Å². The van der Waals surface area contributed by atoms with Crippen molar-refractivity contribution in [2.45, 2.75) is 217 Å². The van der Waals surface area contributed by atoms with E-state index in [1.165, 1.54) is 0 Å². The topological polar surface area (TPSA) is 264 Å². The van der Waals surface area contributed by atoms with Gasteiger partial charge < -0.3 is 79.1 Å². The van der Waals surface area contributed by atoms with E-state index in [0.717, 1.165) is 44.1 Å². The van der Waals surface area contributed by atoms with Crippen molar-refractivity contribution in [2.24, 2.45) is 45.3 Å². The first-order valence-corrected chi connectivity index (χ1v) is 23.8. The minimum Gasteiger partial charge on any atom is -0.456 e. The molecule has 17 heteroatoms. The summed E-state index contributed by atoms with van der Waals surface area (Å²) in [5.74, 6) is -0.102. The predicted molar refractivity (Wildman–Crippen MR) is 224 cm³/mol. The van der Waals surface area contributed by atoms with Crippen molar-refractivity contribution in [3.05, 3.63) is 11.6 Å². The number of rotatable bonds is 9. The molecule has 64 heavy (non-hydrogen) atoms. The summed E-state index contributed by atoms with van der Waals surface area (Å²) in [6.07, 6.45) is -11.8. The third-order valence-corrected chi connectivity index (χ3v) is 18.6. The van der Waals surface area contributed by atoms with Crippen LogP contribution >= 0.6 is 0 Å². The summed E-state index contributed by atoms with van der Waals surface area (Å²) in [6.45, 7) is 16.3. The molecule has 4 aliphatic carbocycles. The molecule has 24 atom stereocenters. The van der Waals surface area contributed by atoms with Crippen LogP contribution in [-0.2, 0) is 38.0 Å². The van der Waals surface area contributed by atoms with Gasteiger partial charge in [-0.3, -0.25) is 0 Å². The van der Waals surface area contributed by atoms with Crippen molar-refractivity contribution in [3.8, 4) is 0 Å². The van der Waals surface area contributed by atoms with E-state index >= 15 is 0 Å². The van der Waals surface area contributed by atoms with E-state index in [4.69, 9.17) is 33.2 Å². The van der Waals surface area contributed by atoms with Crippen LogP contribution in [0, 0.1) is 45.3 Å². The Kier molecular flexibility index (Phi) is 13.4. The van der Waals surface area contributed by atoms with E-state index in [1.807, 2.05) is 19.9 Å². The van der Waals surface area contributed by atoms with Crippen molar-refractivity contribution in [2.75, 3.05) is 13.2 Å². The molecule has 17 nitrogen and oxygen atoms in total. The van der Waals surface area contributed by atoms with Crippen molar-refractivity contribution >= 4 is 5.97 Å². The van der Waals surface area contributed by atoms with Crippen molar-refractivity contribution < 1.29 is 83.9 Å². The highest BCUT2D eigenvalue weighted by Gasteiger charge is 2.72. The first-order valence-electron chi connectivity index (χ1n) is 23.8. The largest absolute Gasteiger partial charge is 0.456 e. The summed E-state index contributed by atoms with van der Waals surface area (Å²) in [7, 11) is 0. The van der Waals surface area contributed by atoms with Gasteiger partial charge in [0.15, 0.2) is 24.5 Å². The monoisotopic (exact) mass is 913 g/mol. The van der Waals surface area contributed by atoms with Gasteiger partial charge in [-0.15, -0.1) is 0 Å². The Balaban J connectivity index is 1.02. The van der Waals surface area contributed by atoms with Gasteiger partial charge >= 0.3 is 5.97 Å². The summed E-state index contributed by atoms with van der Waals surface area (Å²) in [4.78, 5) is 14.4. The number of esters is 1. The lowest BCUT2D eigenvalue weighted by atomic mass is 9.35. The molecule has 8 fully saturated rings. The maximum Gasteiger partial charge on any atom is 0.339 e. The van der Waals surface area contributed by atoms with Crippen LogP contribution in [0.25, 0.3) is 0 Å². The highest BCUT2D eigenvalue weighted by Crippen LogP contribution is 2.76. The van der Waals surface area contributed by atoms with Gasteiger partial charge in [0.05, 0.1) is 25.4 Å². The molecule has 8 rings (SSSR count). The van der Waals surface area contributed by atoms with Gasteiger partial charge in [0.1, 0.15) is 67.1 Å². The van der Waals surface area contributed by atoms with Crippen LogP contribution in [0.4, 0.5) is 0 Å². The second kappa shape index (κ2) is 17.5. The molecule has 0 aromatic heterocycles. The maximum atomic E-state index is 14.4. The van der Waals surface area contributed by atoms with Gasteiger partial charge in [0, 0.05) is 12.3 Å². The third kappa shape index (κ3) is 7.67. The molecule has 0 spiro atoms. The molecule has 4 heterocycles. The Labute approximate surface area is 376 Å². The van der Waals surface area contributed by atoms with Gasteiger partial charge in [-0.25, -0.2) is 4.79 Å². The fraction of sp³-hybridized carbons (Fsp3) is 0.936. The molecule has 4 aliphatic heterocycles. The number of carbonyl (C=O) groups is 1. The number of fused-ring (bicyclic) bond motifs is 5. The van der Waals surface area contributed by atoms with Gasteiger partial charge in [0.2, 0.25) is 0 Å². The standard InChI is InChI=1S/C47H76O17/c1-21(2)17-23-18-47(42(57)60-23,64-40-37(56)34(53)31(50)22(3)59-40)25-11-15-45(7)24(25)9-10-29-44(6)14-13-30(43(4,5)28(44)12-16-46(29,45)8)62-41-38(32(51)26(49)20-58-41)63-39-36(55)35(54)33(52)27(19-48)61-39/h17,22-41,48-56H,9-16,18-20H2,1-8H3/t22-,23?,24+,25-,26-,27+,28-,29+,30-,31-,32-,33+,34+,35-,36+,37+,38+,39-,40-,41-,44-,45+,46+,47+/m0/s1. The lowest BCUT2D eigenvalue weighted by molar-refractivity contribution is -0.367. The highest BCUT2D eigenvalue weighted by molar-refractivity contribution is 5.83. The predicted octanol–water partition coefficient (Wildman–Crippen LogP) is 1.18. The number of aliphatic hydroxyl groups is 9. The fourth-order valence-corrected chi connectivity index (χ4v) is 15.0. The van der Waals surface area contributed by atoms with Crippen molar-refractivity contribution in [1.29, 1.82) is 0 Å². The van der Waals surface area contributed by atoms with Crippen LogP contribution in [-0.4, -0.2) is 169 Å². The molecule has 1 unspecified atom stereocenters. The molecule has 8 aliphatic rings. The van der Waals surface area contributed by atoms with E-state index < -0.39 is 116 Å². The minimum absolute atomic E-state index is 0.0825. The molecular weight excluding hydrogens is 837 g/mol.